The van der Waals surface area contributed by atoms with Crippen LogP contribution in [0, 0.1) is 13.8 Å². The Bertz CT molecular complexity index is 399. The van der Waals surface area contributed by atoms with Crippen LogP contribution in [0.3, 0.4) is 0 Å². The van der Waals surface area contributed by atoms with Crippen LogP contribution in [0.1, 0.15) is 48.8 Å². The highest BCUT2D eigenvalue weighted by atomic mass is 16.5. The van der Waals surface area contributed by atoms with E-state index in [1.165, 1.54) is 23.1 Å². The van der Waals surface area contributed by atoms with Crippen LogP contribution < -0.4 is 0 Å². The highest BCUT2D eigenvalue weighted by Gasteiger charge is 2.39. The maximum absolute atomic E-state index is 10.7. The van der Waals surface area contributed by atoms with Crippen molar-refractivity contribution in [3.8, 4) is 0 Å². The number of ether oxygens (including phenoxy) is 1. The quantitative estimate of drug-likeness (QED) is 0.899. The first kappa shape index (κ1) is 14.5. The lowest BCUT2D eigenvalue weighted by Gasteiger charge is -2.40. The molecular weight excluding hydrogens is 236 g/mol. The van der Waals surface area contributed by atoms with E-state index in [9.17, 15) is 5.11 Å². The molecule has 106 valence electrons. The van der Waals surface area contributed by atoms with E-state index in [1.807, 2.05) is 0 Å². The number of aliphatic hydroxyl groups is 1. The van der Waals surface area contributed by atoms with Crippen LogP contribution >= 0.6 is 0 Å². The standard InChI is InChI=1S/C17H26O2/c1-13-8-7-9-14(2)15(13)12-16(18)17(19-3)10-5-4-6-11-17/h7-9,16,18H,4-6,10-12H2,1-3H3. The van der Waals surface area contributed by atoms with Crippen LogP contribution in [0.25, 0.3) is 0 Å². The van der Waals surface area contributed by atoms with Gasteiger partial charge in [-0.15, -0.1) is 0 Å². The number of rotatable bonds is 4. The summed E-state index contributed by atoms with van der Waals surface area (Å²) in [4.78, 5) is 0. The average molecular weight is 262 g/mol. The van der Waals surface area contributed by atoms with Gasteiger partial charge in [0.1, 0.15) is 0 Å². The van der Waals surface area contributed by atoms with Crippen LogP contribution in [0.5, 0.6) is 0 Å². The molecule has 0 aromatic heterocycles. The van der Waals surface area contributed by atoms with E-state index < -0.39 is 6.10 Å². The van der Waals surface area contributed by atoms with E-state index in [0.717, 1.165) is 25.7 Å². The first-order chi connectivity index (χ1) is 9.09. The monoisotopic (exact) mass is 262 g/mol. The van der Waals surface area contributed by atoms with Crippen LogP contribution in [-0.4, -0.2) is 23.9 Å². The lowest BCUT2D eigenvalue weighted by Crippen LogP contribution is -2.47. The molecule has 1 unspecified atom stereocenters. The number of methoxy groups -OCH3 is 1. The summed E-state index contributed by atoms with van der Waals surface area (Å²) in [5.41, 5.74) is 3.48. The molecule has 0 amide bonds. The lowest BCUT2D eigenvalue weighted by molar-refractivity contribution is -0.122. The summed E-state index contributed by atoms with van der Waals surface area (Å²) in [6.07, 6.45) is 5.85. The number of hydrogen-bond donors (Lipinski definition) is 1. The number of hydrogen-bond acceptors (Lipinski definition) is 2. The molecule has 1 aliphatic carbocycles. The predicted molar refractivity (Wildman–Crippen MR) is 78.5 cm³/mol. The summed E-state index contributed by atoms with van der Waals surface area (Å²) >= 11 is 0. The van der Waals surface area contributed by atoms with E-state index >= 15 is 0 Å². The molecule has 0 aliphatic heterocycles. The Balaban J connectivity index is 2.17. The van der Waals surface area contributed by atoms with Crippen molar-refractivity contribution in [2.75, 3.05) is 7.11 Å². The van der Waals surface area contributed by atoms with Gasteiger partial charge in [0, 0.05) is 13.5 Å². The molecule has 1 saturated carbocycles. The predicted octanol–water partition coefficient (Wildman–Crippen LogP) is 3.56. The van der Waals surface area contributed by atoms with Crippen molar-refractivity contribution >= 4 is 0 Å². The molecule has 0 spiro atoms. The van der Waals surface area contributed by atoms with Crippen LogP contribution in [-0.2, 0) is 11.2 Å². The third-order valence-electron chi connectivity index (χ3n) is 4.76. The zero-order valence-electron chi connectivity index (χ0n) is 12.4. The largest absolute Gasteiger partial charge is 0.390 e. The molecular formula is C17H26O2. The lowest BCUT2D eigenvalue weighted by atomic mass is 9.78. The molecule has 1 atom stereocenters. The first-order valence-corrected chi connectivity index (χ1v) is 7.37. The Kier molecular flexibility index (Phi) is 4.64. The van der Waals surface area contributed by atoms with Crippen LogP contribution in [0.15, 0.2) is 18.2 Å². The third-order valence-corrected chi connectivity index (χ3v) is 4.76. The summed E-state index contributed by atoms with van der Waals surface area (Å²) in [6, 6.07) is 6.32. The molecule has 1 N–H and O–H groups in total. The fourth-order valence-electron chi connectivity index (χ4n) is 3.37. The molecule has 2 rings (SSSR count). The Hall–Kier alpha value is -0.860. The minimum atomic E-state index is -0.405. The summed E-state index contributed by atoms with van der Waals surface area (Å²) in [7, 11) is 1.75. The second kappa shape index (κ2) is 6.06. The molecule has 19 heavy (non-hydrogen) atoms. The van der Waals surface area contributed by atoms with Gasteiger partial charge in [-0.3, -0.25) is 0 Å². The van der Waals surface area contributed by atoms with Gasteiger partial charge in [-0.25, -0.2) is 0 Å². The van der Waals surface area contributed by atoms with Crippen LogP contribution in [0.2, 0.25) is 0 Å². The van der Waals surface area contributed by atoms with Gasteiger partial charge in [0.25, 0.3) is 0 Å². The number of benzene rings is 1. The summed E-state index contributed by atoms with van der Waals surface area (Å²) in [5, 5.41) is 10.7. The normalized spacial score (nSPS) is 20.2. The second-order valence-corrected chi connectivity index (χ2v) is 5.92. The second-order valence-electron chi connectivity index (χ2n) is 5.92. The molecule has 1 aromatic rings. The summed E-state index contributed by atoms with van der Waals surface area (Å²) in [6.45, 7) is 4.24. The highest BCUT2D eigenvalue weighted by Crippen LogP contribution is 2.35. The van der Waals surface area contributed by atoms with Gasteiger partial charge in [0.05, 0.1) is 11.7 Å². The van der Waals surface area contributed by atoms with E-state index in [0.29, 0.717) is 6.42 Å². The van der Waals surface area contributed by atoms with Crippen molar-refractivity contribution in [1.29, 1.82) is 0 Å². The van der Waals surface area contributed by atoms with Gasteiger partial charge in [-0.2, -0.15) is 0 Å². The number of aryl methyl sites for hydroxylation is 2. The zero-order chi connectivity index (χ0) is 13.9. The average Bonchev–Trinajstić information content (AvgIpc) is 2.43. The topological polar surface area (TPSA) is 29.5 Å². The van der Waals surface area contributed by atoms with Gasteiger partial charge in [0.15, 0.2) is 0 Å². The Morgan fingerprint density at radius 3 is 2.26 bits per heavy atom. The van der Waals surface area contributed by atoms with Gasteiger partial charge >= 0.3 is 0 Å². The van der Waals surface area contributed by atoms with Gasteiger partial charge < -0.3 is 9.84 Å². The van der Waals surface area contributed by atoms with Crippen molar-refractivity contribution in [3.05, 3.63) is 34.9 Å². The third kappa shape index (κ3) is 3.01. The Morgan fingerprint density at radius 1 is 1.16 bits per heavy atom. The maximum atomic E-state index is 10.7. The molecule has 2 heteroatoms. The number of aliphatic hydroxyl groups excluding tert-OH is 1. The molecule has 2 nitrogen and oxygen atoms in total. The molecule has 1 aliphatic rings. The molecule has 0 bridgehead atoms. The molecule has 1 aromatic carbocycles. The molecule has 0 saturated heterocycles. The molecule has 1 fully saturated rings. The van der Waals surface area contributed by atoms with E-state index in [4.69, 9.17) is 4.74 Å². The SMILES string of the molecule is COC1(C(O)Cc2c(C)cccc2C)CCCCC1. The first-order valence-electron chi connectivity index (χ1n) is 7.37. The smallest absolute Gasteiger partial charge is 0.0939 e. The summed E-state index contributed by atoms with van der Waals surface area (Å²) in [5.74, 6) is 0. The van der Waals surface area contributed by atoms with Crippen molar-refractivity contribution in [1.82, 2.24) is 0 Å². The molecule has 0 radical (unpaired) electrons. The molecule has 0 heterocycles. The van der Waals surface area contributed by atoms with Crippen molar-refractivity contribution < 1.29 is 9.84 Å². The maximum Gasteiger partial charge on any atom is 0.0939 e. The van der Waals surface area contributed by atoms with Gasteiger partial charge in [-0.05, 0) is 43.4 Å². The fourth-order valence-corrected chi connectivity index (χ4v) is 3.37. The summed E-state index contributed by atoms with van der Waals surface area (Å²) < 4.78 is 5.74. The van der Waals surface area contributed by atoms with Crippen LogP contribution in [0.4, 0.5) is 0 Å². The minimum absolute atomic E-state index is 0.326. The Labute approximate surface area is 116 Å². The van der Waals surface area contributed by atoms with E-state index in [1.54, 1.807) is 7.11 Å². The zero-order valence-corrected chi connectivity index (χ0v) is 12.4. The van der Waals surface area contributed by atoms with E-state index in [2.05, 4.69) is 32.0 Å². The Morgan fingerprint density at radius 2 is 1.74 bits per heavy atom. The highest BCUT2D eigenvalue weighted by molar-refractivity contribution is 5.34. The van der Waals surface area contributed by atoms with Crippen molar-refractivity contribution in [2.45, 2.75) is 64.1 Å². The van der Waals surface area contributed by atoms with Gasteiger partial charge in [-0.1, -0.05) is 37.5 Å². The minimum Gasteiger partial charge on any atom is -0.390 e. The van der Waals surface area contributed by atoms with Crippen molar-refractivity contribution in [2.24, 2.45) is 0 Å². The fraction of sp³-hybridized carbons (Fsp3) is 0.647. The van der Waals surface area contributed by atoms with E-state index in [-0.39, 0.29) is 5.60 Å². The van der Waals surface area contributed by atoms with Gasteiger partial charge in [0.2, 0.25) is 0 Å². The van der Waals surface area contributed by atoms with Crippen molar-refractivity contribution in [3.63, 3.8) is 0 Å².